The summed E-state index contributed by atoms with van der Waals surface area (Å²) >= 11 is 6.02. The number of carbonyl (C=O) groups is 1. The second-order valence-corrected chi connectivity index (χ2v) is 5.21. The minimum absolute atomic E-state index is 0.0485. The Hall–Kier alpha value is -2.74. The zero-order chi connectivity index (χ0) is 17.3. The number of halogens is 2. The molecule has 0 atom stereocenters. The van der Waals surface area contributed by atoms with E-state index < -0.39 is 11.8 Å². The maximum atomic E-state index is 13.2. The molecule has 9 heteroatoms. The number of carbonyl (C=O) groups excluding carboxylic acids is 1. The van der Waals surface area contributed by atoms with Crippen LogP contribution in [0.3, 0.4) is 0 Å². The lowest BCUT2D eigenvalue weighted by Gasteiger charge is -2.09. The molecule has 0 saturated heterocycles. The van der Waals surface area contributed by atoms with Crippen LogP contribution in [0.15, 0.2) is 22.7 Å². The minimum atomic E-state index is -0.656. The molecule has 0 spiro atoms. The summed E-state index contributed by atoms with van der Waals surface area (Å²) in [7, 11) is 0. The molecule has 0 saturated carbocycles. The quantitative estimate of drug-likeness (QED) is 0.718. The highest BCUT2D eigenvalue weighted by Gasteiger charge is 2.23. The number of anilines is 2. The maximum absolute atomic E-state index is 13.2. The van der Waals surface area contributed by atoms with Crippen LogP contribution >= 0.6 is 11.6 Å². The Morgan fingerprint density at radius 1 is 1.42 bits per heavy atom. The van der Waals surface area contributed by atoms with Crippen LogP contribution in [0.1, 0.15) is 23.2 Å². The molecule has 7 nitrogen and oxygen atoms in total. The number of esters is 1. The Morgan fingerprint density at radius 2 is 2.21 bits per heavy atom. The van der Waals surface area contributed by atoms with Gasteiger partial charge >= 0.3 is 5.97 Å². The van der Waals surface area contributed by atoms with E-state index in [4.69, 9.17) is 20.9 Å². The highest BCUT2D eigenvalue weighted by molar-refractivity contribution is 6.33. The van der Waals surface area contributed by atoms with Crippen LogP contribution in [0.25, 0.3) is 11.1 Å². The molecule has 2 heterocycles. The molecule has 0 aliphatic carbocycles. The highest BCUT2D eigenvalue weighted by atomic mass is 35.5. The molecule has 0 fully saturated rings. The van der Waals surface area contributed by atoms with Gasteiger partial charge in [0.2, 0.25) is 5.69 Å². The second-order valence-electron chi connectivity index (χ2n) is 4.80. The monoisotopic (exact) mass is 350 g/mol. The van der Waals surface area contributed by atoms with Crippen molar-refractivity contribution in [2.24, 2.45) is 0 Å². The second kappa shape index (κ2) is 6.40. The first-order valence-electron chi connectivity index (χ1n) is 7.02. The van der Waals surface area contributed by atoms with E-state index in [1.54, 1.807) is 13.8 Å². The molecule has 0 unspecified atom stereocenters. The maximum Gasteiger partial charge on any atom is 0.361 e. The summed E-state index contributed by atoms with van der Waals surface area (Å²) in [6.45, 7) is 3.52. The standard InChI is InChI=1S/C15H12ClFN4O3/c1-3-23-15(22)12-11-13(18-7(2)19-14(11)24-21-12)20-10-5-4-8(17)6-9(10)16/h4-6H,3H2,1-2H3,(H,18,19,20). The molecule has 3 aromatic rings. The molecular formula is C15H12ClFN4O3. The van der Waals surface area contributed by atoms with Gasteiger partial charge < -0.3 is 14.6 Å². The SMILES string of the molecule is CCOC(=O)c1noc2nc(C)nc(Nc3ccc(F)cc3Cl)c12. The van der Waals surface area contributed by atoms with Crippen molar-refractivity contribution in [3.63, 3.8) is 0 Å². The Balaban J connectivity index is 2.12. The van der Waals surface area contributed by atoms with Gasteiger partial charge in [0, 0.05) is 0 Å². The van der Waals surface area contributed by atoms with E-state index in [2.05, 4.69) is 20.4 Å². The molecule has 0 aliphatic heterocycles. The van der Waals surface area contributed by atoms with Gasteiger partial charge in [0.1, 0.15) is 22.8 Å². The summed E-state index contributed by atoms with van der Waals surface area (Å²) < 4.78 is 23.2. The van der Waals surface area contributed by atoms with E-state index in [-0.39, 0.29) is 34.2 Å². The molecule has 1 aromatic carbocycles. The number of aryl methyl sites for hydroxylation is 1. The van der Waals surface area contributed by atoms with Crippen molar-refractivity contribution in [1.29, 1.82) is 0 Å². The Morgan fingerprint density at radius 3 is 2.92 bits per heavy atom. The smallest absolute Gasteiger partial charge is 0.361 e. The summed E-state index contributed by atoms with van der Waals surface area (Å²) in [4.78, 5) is 20.4. The molecule has 1 N–H and O–H groups in total. The van der Waals surface area contributed by atoms with E-state index in [1.807, 2.05) is 0 Å². The van der Waals surface area contributed by atoms with Crippen LogP contribution in [0.2, 0.25) is 5.02 Å². The van der Waals surface area contributed by atoms with Gasteiger partial charge in [0.15, 0.2) is 0 Å². The topological polar surface area (TPSA) is 90.1 Å². The van der Waals surface area contributed by atoms with Crippen LogP contribution in [-0.4, -0.2) is 27.7 Å². The van der Waals surface area contributed by atoms with E-state index in [0.29, 0.717) is 11.5 Å². The third-order valence-electron chi connectivity index (χ3n) is 3.10. The van der Waals surface area contributed by atoms with Gasteiger partial charge in [-0.3, -0.25) is 0 Å². The van der Waals surface area contributed by atoms with Crippen molar-refractivity contribution >= 4 is 40.2 Å². The summed E-state index contributed by atoms with van der Waals surface area (Å²) in [6.07, 6.45) is 0. The average molecular weight is 351 g/mol. The molecule has 24 heavy (non-hydrogen) atoms. The third kappa shape index (κ3) is 3.00. The number of nitrogens with one attached hydrogen (secondary N) is 1. The van der Waals surface area contributed by atoms with E-state index in [1.165, 1.54) is 12.1 Å². The molecule has 124 valence electrons. The van der Waals surface area contributed by atoms with Crippen molar-refractivity contribution in [2.45, 2.75) is 13.8 Å². The summed E-state index contributed by atoms with van der Waals surface area (Å²) in [6, 6.07) is 3.87. The normalized spacial score (nSPS) is 10.8. The first kappa shape index (κ1) is 16.1. The fourth-order valence-electron chi connectivity index (χ4n) is 2.11. The molecule has 0 amide bonds. The predicted octanol–water partition coefficient (Wildman–Crippen LogP) is 3.64. The number of hydrogen-bond acceptors (Lipinski definition) is 7. The number of hydrogen-bond donors (Lipinski definition) is 1. The van der Waals surface area contributed by atoms with Crippen molar-refractivity contribution < 1.29 is 18.4 Å². The van der Waals surface area contributed by atoms with E-state index in [0.717, 1.165) is 6.07 Å². The average Bonchev–Trinajstić information content (AvgIpc) is 2.94. The first-order valence-corrected chi connectivity index (χ1v) is 7.40. The highest BCUT2D eigenvalue weighted by Crippen LogP contribution is 2.30. The van der Waals surface area contributed by atoms with Crippen molar-refractivity contribution in [3.05, 3.63) is 40.6 Å². The van der Waals surface area contributed by atoms with E-state index in [9.17, 15) is 9.18 Å². The molecule has 0 bridgehead atoms. The van der Waals surface area contributed by atoms with Crippen LogP contribution in [-0.2, 0) is 4.74 Å². The van der Waals surface area contributed by atoms with Gasteiger partial charge in [0.25, 0.3) is 5.71 Å². The Labute approximate surface area is 140 Å². The summed E-state index contributed by atoms with van der Waals surface area (Å²) in [5.41, 5.74) is 0.493. The Bertz CT molecular complexity index is 928. The van der Waals surface area contributed by atoms with Gasteiger partial charge in [-0.25, -0.2) is 14.2 Å². The number of ether oxygens (including phenoxy) is 1. The molecule has 0 radical (unpaired) electrons. The summed E-state index contributed by atoms with van der Waals surface area (Å²) in [5, 5.41) is 7.08. The van der Waals surface area contributed by atoms with Crippen molar-refractivity contribution in [2.75, 3.05) is 11.9 Å². The van der Waals surface area contributed by atoms with E-state index >= 15 is 0 Å². The van der Waals surface area contributed by atoms with Crippen LogP contribution in [0.5, 0.6) is 0 Å². The zero-order valence-corrected chi connectivity index (χ0v) is 13.5. The van der Waals surface area contributed by atoms with Crippen molar-refractivity contribution in [1.82, 2.24) is 15.1 Å². The molecular weight excluding hydrogens is 339 g/mol. The first-order chi connectivity index (χ1) is 11.5. The van der Waals surface area contributed by atoms with Gasteiger partial charge in [-0.1, -0.05) is 16.8 Å². The lowest BCUT2D eigenvalue weighted by atomic mass is 10.2. The van der Waals surface area contributed by atoms with Gasteiger partial charge in [-0.15, -0.1) is 0 Å². The van der Waals surface area contributed by atoms with Crippen molar-refractivity contribution in [3.8, 4) is 0 Å². The van der Waals surface area contributed by atoms with Crippen LogP contribution in [0.4, 0.5) is 15.9 Å². The van der Waals surface area contributed by atoms with Gasteiger partial charge in [-0.2, -0.15) is 4.98 Å². The largest absolute Gasteiger partial charge is 0.461 e. The van der Waals surface area contributed by atoms with Crippen LogP contribution < -0.4 is 5.32 Å². The number of fused-ring (bicyclic) bond motifs is 1. The van der Waals surface area contributed by atoms with Gasteiger partial charge in [0.05, 0.1) is 17.3 Å². The zero-order valence-electron chi connectivity index (χ0n) is 12.8. The number of nitrogens with zero attached hydrogens (tertiary/aromatic N) is 3. The minimum Gasteiger partial charge on any atom is -0.461 e. The lowest BCUT2D eigenvalue weighted by Crippen LogP contribution is -2.07. The third-order valence-corrected chi connectivity index (χ3v) is 3.41. The van der Waals surface area contributed by atoms with Gasteiger partial charge in [-0.05, 0) is 32.0 Å². The molecule has 2 aromatic heterocycles. The molecule has 3 rings (SSSR count). The number of benzene rings is 1. The molecule has 0 aliphatic rings. The number of aromatic nitrogens is 3. The fourth-order valence-corrected chi connectivity index (χ4v) is 2.32. The van der Waals surface area contributed by atoms with Crippen LogP contribution in [0, 0.1) is 12.7 Å². The predicted molar refractivity (Wildman–Crippen MR) is 85.0 cm³/mol. The lowest BCUT2D eigenvalue weighted by molar-refractivity contribution is 0.0517. The fraction of sp³-hybridized carbons (Fsp3) is 0.200. The Kier molecular flexibility index (Phi) is 4.30. The summed E-state index contributed by atoms with van der Waals surface area (Å²) in [5.74, 6) is -0.464. The number of rotatable bonds is 4.